The second kappa shape index (κ2) is 19.3. The predicted octanol–water partition coefficient (Wildman–Crippen LogP) is 9.01. The number of aromatic nitrogens is 4. The first-order chi connectivity index (χ1) is 31.4. The molecule has 10 nitrogen and oxygen atoms in total. The highest BCUT2D eigenvalue weighted by atomic mass is 32.2. The quantitative estimate of drug-likeness (QED) is 0.0818. The summed E-state index contributed by atoms with van der Waals surface area (Å²) in [6.45, 7) is 3.98. The van der Waals surface area contributed by atoms with E-state index in [0.29, 0.717) is 52.8 Å². The third kappa shape index (κ3) is 9.13. The number of nitrogens with zero attached hydrogens (tertiary/aromatic N) is 4. The van der Waals surface area contributed by atoms with Crippen LogP contribution in [-0.2, 0) is 9.47 Å². The summed E-state index contributed by atoms with van der Waals surface area (Å²) in [5.74, 6) is 4.44. The van der Waals surface area contributed by atoms with E-state index in [4.69, 9.17) is 20.9 Å². The highest BCUT2D eigenvalue weighted by molar-refractivity contribution is 7.99. The van der Waals surface area contributed by atoms with Crippen molar-refractivity contribution in [3.05, 3.63) is 132 Å². The lowest BCUT2D eigenvalue weighted by atomic mass is 9.83. The largest absolute Gasteiger partial charge is 0.383 e. The van der Waals surface area contributed by atoms with Gasteiger partial charge in [0.2, 0.25) is 5.95 Å². The number of thioether (sulfide) groups is 2. The van der Waals surface area contributed by atoms with Gasteiger partial charge in [-0.2, -0.15) is 27.9 Å². The normalized spacial score (nSPS) is 22.0. The molecule has 4 aromatic heterocycles. The van der Waals surface area contributed by atoms with Gasteiger partial charge in [0.1, 0.15) is 11.6 Å². The molecule has 0 bridgehead atoms. The number of nitrogen functional groups attached to an aromatic ring is 2. The first kappa shape index (κ1) is 43.0. The zero-order valence-electron chi connectivity index (χ0n) is 35.6. The van der Waals surface area contributed by atoms with E-state index < -0.39 is 18.1 Å². The van der Waals surface area contributed by atoms with E-state index in [1.54, 1.807) is 29.1 Å². The summed E-state index contributed by atoms with van der Waals surface area (Å²) in [5.41, 5.74) is 24.5. The molecular formula is C50H53F2N8O2S2+. The minimum atomic E-state index is -0.575. The standard InChI is InChI=1S/C50H52F2N8O2S2/c51-46-23-33(5-10-57-46)40-21-36(26-58-49(40)53)32-2-4-39(43(20-32)45-29-64-18-12-56-45)35-9-16-62-48(25-35)60-13-6-34(24-47(60)52)41-22-37(27-59-50(41)54)31-1-3-38(30-7-14-61-15-8-30)42(19-31)44-28-63-17-11-55-44/h1-6,10,13,19-24,26-27,30,35,44-45,48,54-56H,7-9,11-12,14-18,25,28-29H2,(H2,53,57,58)/p+1/t35?,44-,45+,48?/m1/s1. The molecule has 4 fully saturated rings. The minimum absolute atomic E-state index is 0.129. The lowest BCUT2D eigenvalue weighted by Gasteiger charge is -2.32. The fourth-order valence-corrected chi connectivity index (χ4v) is 11.8. The average molecular weight is 900 g/mol. The molecule has 0 saturated carbocycles. The summed E-state index contributed by atoms with van der Waals surface area (Å²) in [7, 11) is 0. The topological polar surface area (TPSA) is 137 Å². The van der Waals surface area contributed by atoms with Crippen LogP contribution in [0, 0.1) is 11.9 Å². The van der Waals surface area contributed by atoms with Crippen LogP contribution in [0.2, 0.25) is 0 Å². The van der Waals surface area contributed by atoms with Crippen LogP contribution in [0.3, 0.4) is 0 Å². The number of ether oxygens (including phenoxy) is 2. The van der Waals surface area contributed by atoms with E-state index >= 15 is 4.39 Å². The van der Waals surface area contributed by atoms with Crippen LogP contribution in [0.5, 0.6) is 0 Å². The molecule has 4 aliphatic heterocycles. The molecule has 2 unspecified atom stereocenters. The molecular weight excluding hydrogens is 847 g/mol. The highest BCUT2D eigenvalue weighted by Gasteiger charge is 2.35. The molecule has 4 atom stereocenters. The number of hydrogen-bond acceptors (Lipinski definition) is 11. The van der Waals surface area contributed by atoms with Crippen molar-refractivity contribution in [3.63, 3.8) is 0 Å². The Hall–Kier alpha value is -4.96. The number of benzene rings is 2. The number of pyridine rings is 4. The molecule has 2 aromatic carbocycles. The highest BCUT2D eigenvalue weighted by Crippen LogP contribution is 2.42. The summed E-state index contributed by atoms with van der Waals surface area (Å²) >= 11 is 3.93. The zero-order chi connectivity index (χ0) is 43.6. The summed E-state index contributed by atoms with van der Waals surface area (Å²) in [6, 6.07) is 24.4. The van der Waals surface area contributed by atoms with Crippen molar-refractivity contribution in [2.24, 2.45) is 0 Å². The Morgan fingerprint density at radius 3 is 1.78 bits per heavy atom. The maximum absolute atomic E-state index is 16.5. The zero-order valence-corrected chi connectivity index (χ0v) is 37.3. The first-order valence-electron chi connectivity index (χ1n) is 22.3. The maximum atomic E-state index is 16.5. The number of anilines is 2. The van der Waals surface area contributed by atoms with Gasteiger partial charge in [0, 0.05) is 126 Å². The molecule has 330 valence electrons. The fraction of sp³-hybridized carbons (Fsp3) is 0.360. The van der Waals surface area contributed by atoms with E-state index in [-0.39, 0.29) is 18.0 Å². The van der Waals surface area contributed by atoms with Gasteiger partial charge in [-0.25, -0.2) is 15.0 Å². The lowest BCUT2D eigenvalue weighted by molar-refractivity contribution is -0.788. The Morgan fingerprint density at radius 2 is 1.20 bits per heavy atom. The first-order valence-corrected chi connectivity index (χ1v) is 24.6. The van der Waals surface area contributed by atoms with Gasteiger partial charge in [-0.05, 0) is 100 Å². The Bertz CT molecular complexity index is 2640. The molecule has 14 heteroatoms. The number of halogens is 2. The lowest BCUT2D eigenvalue weighted by Crippen LogP contribution is -2.46. The SMILES string of the molecule is Nc1ncc(-c2ccc(C3CCOC([n+]4ccc(-c5cc(-c6ccc(C7CCOCC7)c([C@H]7CSCCN7)c6)cnc5N)cc4F)C3)c([C@@H]3CSCCN3)c2)cc1-c1ccnc(F)c1. The van der Waals surface area contributed by atoms with Crippen LogP contribution in [0.4, 0.5) is 20.4 Å². The van der Waals surface area contributed by atoms with Crippen molar-refractivity contribution >= 4 is 35.2 Å². The van der Waals surface area contributed by atoms with Gasteiger partial charge in [-0.3, -0.25) is 0 Å². The number of hydrogen-bond donors (Lipinski definition) is 4. The number of nitrogens with two attached hydrogens (primary N) is 2. The van der Waals surface area contributed by atoms with Gasteiger partial charge in [0.05, 0.1) is 12.7 Å². The molecule has 0 radical (unpaired) electrons. The molecule has 0 spiro atoms. The summed E-state index contributed by atoms with van der Waals surface area (Å²) in [4.78, 5) is 12.8. The average Bonchev–Trinajstić information content (AvgIpc) is 3.35. The second-order valence-corrected chi connectivity index (χ2v) is 19.4. The molecule has 0 aliphatic carbocycles. The van der Waals surface area contributed by atoms with Crippen LogP contribution in [0.15, 0.2) is 97.6 Å². The van der Waals surface area contributed by atoms with Crippen LogP contribution >= 0.6 is 23.5 Å². The van der Waals surface area contributed by atoms with Gasteiger partial charge in [-0.15, -0.1) is 8.96 Å². The molecule has 8 heterocycles. The van der Waals surface area contributed by atoms with Gasteiger partial charge in [0.15, 0.2) is 6.20 Å². The van der Waals surface area contributed by atoms with Crippen molar-refractivity contribution in [3.8, 4) is 44.5 Å². The van der Waals surface area contributed by atoms with E-state index in [0.717, 1.165) is 90.8 Å². The fourth-order valence-electron chi connectivity index (χ4n) is 9.83. The van der Waals surface area contributed by atoms with Crippen molar-refractivity contribution in [1.82, 2.24) is 25.6 Å². The molecule has 4 aliphatic rings. The molecule has 6 N–H and O–H groups in total. The van der Waals surface area contributed by atoms with E-state index in [2.05, 4.69) is 62.0 Å². The molecule has 6 aromatic rings. The maximum Gasteiger partial charge on any atom is 0.362 e. The van der Waals surface area contributed by atoms with Crippen LogP contribution in [0.25, 0.3) is 44.5 Å². The Labute approximate surface area is 381 Å². The van der Waals surface area contributed by atoms with E-state index in [1.807, 2.05) is 47.9 Å². The third-order valence-electron chi connectivity index (χ3n) is 13.2. The molecule has 4 saturated heterocycles. The van der Waals surface area contributed by atoms with Gasteiger partial charge in [-0.1, -0.05) is 24.3 Å². The molecule has 10 rings (SSSR count). The number of rotatable bonds is 9. The van der Waals surface area contributed by atoms with Crippen molar-refractivity contribution in [1.29, 1.82) is 0 Å². The molecule has 0 amide bonds. The number of nitrogens with one attached hydrogen (secondary N) is 2. The third-order valence-corrected chi connectivity index (χ3v) is 15.4. The summed E-state index contributed by atoms with van der Waals surface area (Å²) in [6.07, 6.45) is 9.77. The predicted molar refractivity (Wildman–Crippen MR) is 253 cm³/mol. The van der Waals surface area contributed by atoms with Crippen molar-refractivity contribution in [2.45, 2.75) is 55.8 Å². The van der Waals surface area contributed by atoms with Gasteiger partial charge in [0.25, 0.3) is 6.23 Å². The summed E-state index contributed by atoms with van der Waals surface area (Å²) in [5, 5.41) is 7.51. The smallest absolute Gasteiger partial charge is 0.362 e. The Morgan fingerprint density at radius 1 is 0.609 bits per heavy atom. The Kier molecular flexibility index (Phi) is 12.9. The monoisotopic (exact) mass is 899 g/mol. The van der Waals surface area contributed by atoms with Crippen LogP contribution < -0.4 is 26.7 Å². The Balaban J connectivity index is 0.916. The van der Waals surface area contributed by atoms with Gasteiger partial charge < -0.3 is 31.6 Å². The van der Waals surface area contributed by atoms with E-state index in [9.17, 15) is 4.39 Å². The van der Waals surface area contributed by atoms with Crippen molar-refractivity contribution < 1.29 is 22.8 Å². The summed E-state index contributed by atoms with van der Waals surface area (Å²) < 4.78 is 44.2. The second-order valence-electron chi connectivity index (χ2n) is 17.1. The van der Waals surface area contributed by atoms with Gasteiger partial charge >= 0.3 is 5.95 Å². The molecule has 64 heavy (non-hydrogen) atoms. The van der Waals surface area contributed by atoms with Crippen LogP contribution in [0.1, 0.15) is 78.1 Å². The van der Waals surface area contributed by atoms with Crippen LogP contribution in [-0.4, -0.2) is 70.9 Å². The van der Waals surface area contributed by atoms with Crippen molar-refractivity contribution in [2.75, 3.05) is 67.4 Å². The van der Waals surface area contributed by atoms with E-state index in [1.165, 1.54) is 34.5 Å². The minimum Gasteiger partial charge on any atom is -0.383 e.